The molecule has 1 aromatic heterocycles. The van der Waals surface area contributed by atoms with Crippen molar-refractivity contribution in [2.24, 2.45) is 11.8 Å². The second-order valence-electron chi connectivity index (χ2n) is 5.64. The molecule has 0 aliphatic heterocycles. The highest BCUT2D eigenvalue weighted by atomic mass is 16.4. The van der Waals surface area contributed by atoms with Crippen molar-refractivity contribution in [2.45, 2.75) is 53.4 Å². The molecule has 0 saturated carbocycles. The molecule has 0 fully saturated rings. The predicted molar refractivity (Wildman–Crippen MR) is 75.7 cm³/mol. The summed E-state index contributed by atoms with van der Waals surface area (Å²) in [6.07, 6.45) is 6.12. The van der Waals surface area contributed by atoms with Crippen LogP contribution in [-0.2, 0) is 12.8 Å². The van der Waals surface area contributed by atoms with Crippen molar-refractivity contribution in [2.75, 3.05) is 13.1 Å². The molecule has 1 unspecified atom stereocenters. The number of nitrogens with one attached hydrogen (secondary N) is 1. The standard InChI is InChI=1S/C15H28N2O/c1-5-13(4)9-14-11-17-15(18-14)7-6-8-16-10-12(2)3/h11-13,16H,5-10H2,1-4H3. The first-order valence-corrected chi connectivity index (χ1v) is 7.26. The van der Waals surface area contributed by atoms with E-state index in [1.54, 1.807) is 0 Å². The maximum atomic E-state index is 5.74. The summed E-state index contributed by atoms with van der Waals surface area (Å²) < 4.78 is 5.74. The van der Waals surface area contributed by atoms with E-state index in [0.717, 1.165) is 44.0 Å². The molecule has 1 N–H and O–H groups in total. The summed E-state index contributed by atoms with van der Waals surface area (Å²) in [7, 11) is 0. The molecule has 0 amide bonds. The first-order valence-electron chi connectivity index (χ1n) is 7.26. The highest BCUT2D eigenvalue weighted by molar-refractivity contribution is 4.95. The lowest BCUT2D eigenvalue weighted by Gasteiger charge is -2.06. The molecule has 1 atom stereocenters. The van der Waals surface area contributed by atoms with Crippen LogP contribution < -0.4 is 5.32 Å². The third kappa shape index (κ3) is 6.20. The number of hydrogen-bond donors (Lipinski definition) is 1. The van der Waals surface area contributed by atoms with Gasteiger partial charge in [0.25, 0.3) is 0 Å². The maximum Gasteiger partial charge on any atom is 0.194 e. The van der Waals surface area contributed by atoms with E-state index in [0.29, 0.717) is 11.8 Å². The van der Waals surface area contributed by atoms with Gasteiger partial charge in [-0.1, -0.05) is 34.1 Å². The monoisotopic (exact) mass is 252 g/mol. The molecule has 0 spiro atoms. The number of oxazole rings is 1. The van der Waals surface area contributed by atoms with Gasteiger partial charge in [-0.25, -0.2) is 4.98 Å². The van der Waals surface area contributed by atoms with Gasteiger partial charge in [0, 0.05) is 12.8 Å². The van der Waals surface area contributed by atoms with Gasteiger partial charge in [-0.3, -0.25) is 0 Å². The Bertz CT molecular complexity index is 320. The van der Waals surface area contributed by atoms with E-state index >= 15 is 0 Å². The number of aromatic nitrogens is 1. The zero-order valence-corrected chi connectivity index (χ0v) is 12.3. The summed E-state index contributed by atoms with van der Waals surface area (Å²) in [4.78, 5) is 4.34. The number of rotatable bonds is 9. The highest BCUT2D eigenvalue weighted by Crippen LogP contribution is 2.13. The normalized spacial score (nSPS) is 13.2. The third-order valence-corrected chi connectivity index (χ3v) is 3.14. The summed E-state index contributed by atoms with van der Waals surface area (Å²) in [5.74, 6) is 3.32. The minimum absolute atomic E-state index is 0.679. The fourth-order valence-corrected chi connectivity index (χ4v) is 1.80. The minimum atomic E-state index is 0.679. The smallest absolute Gasteiger partial charge is 0.194 e. The average Bonchev–Trinajstić information content (AvgIpc) is 2.75. The Hall–Kier alpha value is -0.830. The van der Waals surface area contributed by atoms with Crippen molar-refractivity contribution >= 4 is 0 Å². The second-order valence-corrected chi connectivity index (χ2v) is 5.64. The van der Waals surface area contributed by atoms with E-state index in [1.165, 1.54) is 6.42 Å². The van der Waals surface area contributed by atoms with E-state index in [-0.39, 0.29) is 0 Å². The molecule has 1 heterocycles. The van der Waals surface area contributed by atoms with Gasteiger partial charge in [-0.05, 0) is 31.3 Å². The van der Waals surface area contributed by atoms with E-state index < -0.39 is 0 Å². The van der Waals surface area contributed by atoms with Crippen LogP contribution in [0.25, 0.3) is 0 Å². The fourth-order valence-electron chi connectivity index (χ4n) is 1.80. The zero-order valence-electron chi connectivity index (χ0n) is 12.3. The van der Waals surface area contributed by atoms with Gasteiger partial charge in [0.2, 0.25) is 0 Å². The Balaban J connectivity index is 2.19. The van der Waals surface area contributed by atoms with Gasteiger partial charge in [0.05, 0.1) is 6.20 Å². The molecule has 0 bridgehead atoms. The highest BCUT2D eigenvalue weighted by Gasteiger charge is 2.07. The van der Waals surface area contributed by atoms with Crippen LogP contribution in [0.2, 0.25) is 0 Å². The van der Waals surface area contributed by atoms with Gasteiger partial charge >= 0.3 is 0 Å². The second kappa shape index (κ2) is 8.30. The molecule has 1 aromatic rings. The van der Waals surface area contributed by atoms with Crippen molar-refractivity contribution in [3.05, 3.63) is 17.8 Å². The van der Waals surface area contributed by atoms with Crippen LogP contribution in [0.4, 0.5) is 0 Å². The molecule has 1 rings (SSSR count). The van der Waals surface area contributed by atoms with E-state index in [2.05, 4.69) is 38.0 Å². The van der Waals surface area contributed by atoms with Crippen molar-refractivity contribution in [3.8, 4) is 0 Å². The molecule has 0 aromatic carbocycles. The minimum Gasteiger partial charge on any atom is -0.446 e. The predicted octanol–water partition coefficient (Wildman–Crippen LogP) is 3.44. The lowest BCUT2D eigenvalue weighted by molar-refractivity contribution is 0.413. The van der Waals surface area contributed by atoms with Gasteiger partial charge in [-0.15, -0.1) is 0 Å². The van der Waals surface area contributed by atoms with Crippen molar-refractivity contribution < 1.29 is 4.42 Å². The summed E-state index contributed by atoms with van der Waals surface area (Å²) in [5, 5.41) is 3.43. The maximum absolute atomic E-state index is 5.74. The summed E-state index contributed by atoms with van der Waals surface area (Å²) in [6, 6.07) is 0. The van der Waals surface area contributed by atoms with Gasteiger partial charge in [0.1, 0.15) is 5.76 Å². The van der Waals surface area contributed by atoms with Crippen molar-refractivity contribution in [3.63, 3.8) is 0 Å². The lowest BCUT2D eigenvalue weighted by atomic mass is 10.0. The number of nitrogens with zero attached hydrogens (tertiary/aromatic N) is 1. The third-order valence-electron chi connectivity index (χ3n) is 3.14. The molecule has 3 nitrogen and oxygen atoms in total. The number of aryl methyl sites for hydroxylation is 1. The Labute approximate surface area is 111 Å². The van der Waals surface area contributed by atoms with Gasteiger partial charge in [-0.2, -0.15) is 0 Å². The molecule has 0 aliphatic carbocycles. The lowest BCUT2D eigenvalue weighted by Crippen LogP contribution is -2.21. The van der Waals surface area contributed by atoms with E-state index in [4.69, 9.17) is 4.42 Å². The van der Waals surface area contributed by atoms with E-state index in [1.807, 2.05) is 6.20 Å². The molecule has 104 valence electrons. The topological polar surface area (TPSA) is 38.1 Å². The first kappa shape index (κ1) is 15.2. The molecule has 0 radical (unpaired) electrons. The van der Waals surface area contributed by atoms with E-state index in [9.17, 15) is 0 Å². The average molecular weight is 252 g/mol. The van der Waals surface area contributed by atoms with Crippen LogP contribution in [0.15, 0.2) is 10.6 Å². The number of hydrogen-bond acceptors (Lipinski definition) is 3. The summed E-state index contributed by atoms with van der Waals surface area (Å²) >= 11 is 0. The van der Waals surface area contributed by atoms with Gasteiger partial charge in [0.15, 0.2) is 5.89 Å². The van der Waals surface area contributed by atoms with Crippen LogP contribution in [0.1, 0.15) is 52.2 Å². The Morgan fingerprint density at radius 1 is 1.33 bits per heavy atom. The van der Waals surface area contributed by atoms with Crippen LogP contribution in [0.3, 0.4) is 0 Å². The molecule has 0 saturated heterocycles. The zero-order chi connectivity index (χ0) is 13.4. The molecule has 0 aliphatic rings. The van der Waals surface area contributed by atoms with Crippen molar-refractivity contribution in [1.29, 1.82) is 0 Å². The Morgan fingerprint density at radius 2 is 2.11 bits per heavy atom. The molecule has 3 heteroatoms. The van der Waals surface area contributed by atoms with Crippen LogP contribution in [0.5, 0.6) is 0 Å². The molecular weight excluding hydrogens is 224 g/mol. The fraction of sp³-hybridized carbons (Fsp3) is 0.800. The molecular formula is C15H28N2O. The largest absolute Gasteiger partial charge is 0.446 e. The SMILES string of the molecule is CCC(C)Cc1cnc(CCCNCC(C)C)o1. The van der Waals surface area contributed by atoms with Crippen LogP contribution in [0, 0.1) is 11.8 Å². The summed E-state index contributed by atoms with van der Waals surface area (Å²) in [6.45, 7) is 11.0. The van der Waals surface area contributed by atoms with Crippen molar-refractivity contribution in [1.82, 2.24) is 10.3 Å². The summed E-state index contributed by atoms with van der Waals surface area (Å²) in [5.41, 5.74) is 0. The Morgan fingerprint density at radius 3 is 2.78 bits per heavy atom. The van der Waals surface area contributed by atoms with Crippen LogP contribution >= 0.6 is 0 Å². The van der Waals surface area contributed by atoms with Gasteiger partial charge < -0.3 is 9.73 Å². The Kier molecular flexibility index (Phi) is 7.02. The molecule has 18 heavy (non-hydrogen) atoms. The van der Waals surface area contributed by atoms with Crippen LogP contribution in [-0.4, -0.2) is 18.1 Å². The quantitative estimate of drug-likeness (QED) is 0.684. The first-order chi connectivity index (χ1) is 8.61.